The summed E-state index contributed by atoms with van der Waals surface area (Å²) in [6.07, 6.45) is 11.0. The monoisotopic (exact) mass is 237 g/mol. The van der Waals surface area contributed by atoms with Gasteiger partial charge in [0.25, 0.3) is 0 Å². The first-order chi connectivity index (χ1) is 4.88. The Kier molecular flexibility index (Phi) is 5.85. The molecule has 0 spiro atoms. The van der Waals surface area contributed by atoms with Crippen LogP contribution < -0.4 is 24.8 Å². The Bertz CT molecular complexity index is 199. The fourth-order valence-electron chi connectivity index (χ4n) is 1.91. The van der Waals surface area contributed by atoms with Crippen molar-refractivity contribution in [2.24, 2.45) is 5.92 Å². The van der Waals surface area contributed by atoms with E-state index in [9.17, 15) is 0 Å². The van der Waals surface area contributed by atoms with Crippen molar-refractivity contribution in [1.82, 2.24) is 0 Å². The fraction of sp³-hybridized carbons (Fsp3) is 0.556. The van der Waals surface area contributed by atoms with Crippen molar-refractivity contribution in [2.75, 3.05) is 0 Å². The maximum absolute atomic E-state index is 2.35. The Morgan fingerprint density at radius 1 is 1.25 bits per heavy atom. The van der Waals surface area contributed by atoms with Gasteiger partial charge in [-0.1, -0.05) is 0 Å². The topological polar surface area (TPSA) is 0 Å². The average Bonchev–Trinajstić information content (AvgIpc) is 2.34. The van der Waals surface area contributed by atoms with Crippen molar-refractivity contribution < 1.29 is 45.2 Å². The van der Waals surface area contributed by atoms with Crippen molar-refractivity contribution in [3.63, 3.8) is 0 Å². The number of fused-ring (bicyclic) bond motifs is 1. The molecule has 0 radical (unpaired) electrons. The van der Waals surface area contributed by atoms with Crippen LogP contribution in [0.2, 0.25) is 4.22 Å². The summed E-state index contributed by atoms with van der Waals surface area (Å²) in [6.45, 7) is 0. The van der Waals surface area contributed by atoms with Gasteiger partial charge < -0.3 is 24.8 Å². The molecular formula is C9H11Cl2Ti. The van der Waals surface area contributed by atoms with Crippen molar-refractivity contribution >= 4 is 0 Å². The minimum atomic E-state index is 0. The standard InChI is InChI=1S/C9H11.2ClH.Ti/c1-2-5-9-7-3-6-8(9)4-1;;;/h1-2,4,6,9H,3,5,7H2;2*1H;/q;;;+2/p-2. The first-order valence-electron chi connectivity index (χ1n) is 3.95. The van der Waals surface area contributed by atoms with Crippen LogP contribution in [0.5, 0.6) is 0 Å². The summed E-state index contributed by atoms with van der Waals surface area (Å²) >= 11 is 2.35. The van der Waals surface area contributed by atoms with Crippen LogP contribution in [0.4, 0.5) is 0 Å². The molecule has 2 atom stereocenters. The zero-order valence-electron chi connectivity index (χ0n) is 6.76. The normalized spacial score (nSPS) is 31.3. The van der Waals surface area contributed by atoms with E-state index >= 15 is 0 Å². The molecular weight excluding hydrogens is 227 g/mol. The van der Waals surface area contributed by atoms with E-state index in [0.29, 0.717) is 0 Å². The van der Waals surface area contributed by atoms with Crippen molar-refractivity contribution in [3.8, 4) is 0 Å². The second kappa shape index (κ2) is 5.49. The summed E-state index contributed by atoms with van der Waals surface area (Å²) in [6, 6.07) is 0. The van der Waals surface area contributed by atoms with Crippen LogP contribution in [0.3, 0.4) is 0 Å². The number of allylic oxidation sites excluding steroid dienone is 4. The summed E-state index contributed by atoms with van der Waals surface area (Å²) in [5, 5.41) is 0. The quantitative estimate of drug-likeness (QED) is 0.386. The van der Waals surface area contributed by atoms with E-state index in [-0.39, 0.29) is 24.8 Å². The van der Waals surface area contributed by atoms with E-state index in [1.54, 1.807) is 5.57 Å². The third kappa shape index (κ3) is 2.39. The van der Waals surface area contributed by atoms with Gasteiger partial charge in [0.15, 0.2) is 0 Å². The first kappa shape index (κ1) is 12.8. The Labute approximate surface area is 98.1 Å². The first-order valence-corrected chi connectivity index (χ1v) is 4.86. The van der Waals surface area contributed by atoms with E-state index in [1.807, 2.05) is 0 Å². The molecule has 0 N–H and O–H groups in total. The number of halogens is 2. The molecule has 2 aliphatic rings. The number of hydrogen-bond donors (Lipinski definition) is 0. The molecule has 65 valence electrons. The number of rotatable bonds is 0. The summed E-state index contributed by atoms with van der Waals surface area (Å²) < 4.78 is 0.870. The van der Waals surface area contributed by atoms with Gasteiger partial charge >= 0.3 is 73.6 Å². The molecule has 0 bridgehead atoms. The molecule has 1 saturated carbocycles. The molecule has 1 fully saturated rings. The predicted octanol–water partition coefficient (Wildman–Crippen LogP) is -3.37. The molecule has 0 aromatic rings. The van der Waals surface area contributed by atoms with Gasteiger partial charge in [-0.05, 0) is 0 Å². The Hall–Kier alpha value is 0.774. The molecule has 0 aliphatic heterocycles. The Balaban J connectivity index is 0.000000605. The molecule has 0 aromatic carbocycles. The van der Waals surface area contributed by atoms with Gasteiger partial charge in [0.2, 0.25) is 0 Å². The molecule has 2 aliphatic carbocycles. The van der Waals surface area contributed by atoms with Crippen LogP contribution >= 0.6 is 0 Å². The van der Waals surface area contributed by atoms with Crippen LogP contribution in [-0.4, -0.2) is 0 Å². The molecule has 0 amide bonds. The summed E-state index contributed by atoms with van der Waals surface area (Å²) in [5.41, 5.74) is 1.71. The van der Waals surface area contributed by atoms with Crippen molar-refractivity contribution in [2.45, 2.75) is 23.5 Å². The second-order valence-electron chi connectivity index (χ2n) is 3.16. The average molecular weight is 238 g/mol. The van der Waals surface area contributed by atoms with E-state index in [2.05, 4.69) is 38.7 Å². The summed E-state index contributed by atoms with van der Waals surface area (Å²) in [7, 11) is 0. The van der Waals surface area contributed by atoms with E-state index in [4.69, 9.17) is 0 Å². The Morgan fingerprint density at radius 2 is 2.00 bits per heavy atom. The van der Waals surface area contributed by atoms with Crippen LogP contribution in [0.15, 0.2) is 23.8 Å². The van der Waals surface area contributed by atoms with E-state index < -0.39 is 0 Å². The number of hydrogen-bond acceptors (Lipinski definition) is 0. The van der Waals surface area contributed by atoms with Crippen molar-refractivity contribution in [3.05, 3.63) is 23.8 Å². The van der Waals surface area contributed by atoms with Gasteiger partial charge in [0, 0.05) is 0 Å². The third-order valence-electron chi connectivity index (χ3n) is 2.52. The van der Waals surface area contributed by atoms with Crippen LogP contribution in [-0.2, 0) is 20.4 Å². The third-order valence-corrected chi connectivity index (χ3v) is 3.49. The minimum absolute atomic E-state index is 0. The second-order valence-corrected chi connectivity index (χ2v) is 4.25. The van der Waals surface area contributed by atoms with E-state index in [1.165, 1.54) is 19.3 Å². The van der Waals surface area contributed by atoms with Gasteiger partial charge in [-0.25, -0.2) is 0 Å². The maximum atomic E-state index is 2.35. The summed E-state index contributed by atoms with van der Waals surface area (Å²) in [4.78, 5) is 0. The molecule has 2 unspecified atom stereocenters. The fourth-order valence-corrected chi connectivity index (χ4v) is 2.69. The van der Waals surface area contributed by atoms with Gasteiger partial charge in [0.05, 0.1) is 0 Å². The van der Waals surface area contributed by atoms with Crippen molar-refractivity contribution in [1.29, 1.82) is 0 Å². The molecule has 0 aromatic heterocycles. The van der Waals surface area contributed by atoms with E-state index in [0.717, 1.165) is 10.1 Å². The molecule has 0 saturated heterocycles. The SMILES string of the molecule is [Cl-].[Cl-].[Ti+2][CH]1CCC2CC=CC=C12. The zero-order chi connectivity index (χ0) is 6.97. The molecule has 2 rings (SSSR count). The zero-order valence-corrected chi connectivity index (χ0v) is 9.84. The summed E-state index contributed by atoms with van der Waals surface area (Å²) in [5.74, 6) is 0.917. The molecule has 0 heterocycles. The van der Waals surface area contributed by atoms with Gasteiger partial charge in [-0.2, -0.15) is 0 Å². The van der Waals surface area contributed by atoms with Gasteiger partial charge in [-0.3, -0.25) is 0 Å². The van der Waals surface area contributed by atoms with Gasteiger partial charge in [-0.15, -0.1) is 0 Å². The molecule has 12 heavy (non-hydrogen) atoms. The van der Waals surface area contributed by atoms with Crippen LogP contribution in [0.25, 0.3) is 0 Å². The van der Waals surface area contributed by atoms with Crippen LogP contribution in [0.1, 0.15) is 19.3 Å². The molecule has 3 heteroatoms. The Morgan fingerprint density at radius 3 is 2.67 bits per heavy atom. The predicted molar refractivity (Wildman–Crippen MR) is 38.3 cm³/mol. The molecule has 0 nitrogen and oxygen atoms in total. The van der Waals surface area contributed by atoms with Gasteiger partial charge in [0.1, 0.15) is 0 Å². The van der Waals surface area contributed by atoms with Crippen LogP contribution in [0, 0.1) is 5.92 Å².